The van der Waals surface area contributed by atoms with Crippen molar-refractivity contribution >= 4 is 35.6 Å². The zero-order valence-corrected chi connectivity index (χ0v) is 20.9. The highest BCUT2D eigenvalue weighted by molar-refractivity contribution is 14.0. The van der Waals surface area contributed by atoms with Crippen LogP contribution in [0.25, 0.3) is 11.3 Å². The summed E-state index contributed by atoms with van der Waals surface area (Å²) in [5.41, 5.74) is 5.15. The normalized spacial score (nSPS) is 11.4. The van der Waals surface area contributed by atoms with Crippen LogP contribution in [0.4, 0.5) is 0 Å². The third-order valence-electron chi connectivity index (χ3n) is 5.01. The molecule has 4 rings (SSSR count). The number of rotatable bonds is 7. The number of nitrogens with one attached hydrogen (secondary N) is 2. The number of aliphatic imine (C=N–C) groups is 1. The highest BCUT2D eigenvalue weighted by Gasteiger charge is 2.09. The van der Waals surface area contributed by atoms with Crippen molar-refractivity contribution in [3.05, 3.63) is 77.5 Å². The van der Waals surface area contributed by atoms with Crippen LogP contribution in [0.1, 0.15) is 29.7 Å². The molecular weight excluding hydrogens is 515 g/mol. The second-order valence-corrected chi connectivity index (χ2v) is 7.38. The minimum Gasteiger partial charge on any atom is -0.357 e. The summed E-state index contributed by atoms with van der Waals surface area (Å²) in [5.74, 6) is 1.70. The molecule has 1 aromatic carbocycles. The van der Waals surface area contributed by atoms with Crippen molar-refractivity contribution in [3.63, 3.8) is 0 Å². The lowest BCUT2D eigenvalue weighted by molar-refractivity contribution is 0.761. The van der Waals surface area contributed by atoms with Gasteiger partial charge in [0.15, 0.2) is 11.6 Å². The van der Waals surface area contributed by atoms with Crippen molar-refractivity contribution in [2.45, 2.75) is 33.7 Å². The van der Waals surface area contributed by atoms with Crippen LogP contribution < -0.4 is 10.6 Å². The number of para-hydroxylation sites is 1. The molecular formula is C23H29IN8. The van der Waals surface area contributed by atoms with Gasteiger partial charge in [-0.15, -0.1) is 34.2 Å². The molecule has 0 aliphatic rings. The minimum absolute atomic E-state index is 0. The summed E-state index contributed by atoms with van der Waals surface area (Å²) in [6.45, 7) is 8.19. The fourth-order valence-corrected chi connectivity index (χ4v) is 3.58. The van der Waals surface area contributed by atoms with Crippen molar-refractivity contribution in [1.29, 1.82) is 0 Å². The lowest BCUT2D eigenvalue weighted by Crippen LogP contribution is -2.38. The Morgan fingerprint density at radius 2 is 1.84 bits per heavy atom. The number of guanidine groups is 1. The second-order valence-electron chi connectivity index (χ2n) is 7.38. The van der Waals surface area contributed by atoms with Crippen molar-refractivity contribution in [2.75, 3.05) is 13.1 Å². The lowest BCUT2D eigenvalue weighted by atomic mass is 10.2. The monoisotopic (exact) mass is 544 g/mol. The Kier molecular flexibility index (Phi) is 8.20. The zero-order chi connectivity index (χ0) is 21.6. The molecule has 32 heavy (non-hydrogen) atoms. The molecule has 0 radical (unpaired) electrons. The second kappa shape index (κ2) is 11.1. The molecule has 0 unspecified atom stereocenters. The van der Waals surface area contributed by atoms with Crippen LogP contribution in [0.2, 0.25) is 0 Å². The van der Waals surface area contributed by atoms with Gasteiger partial charge in [-0.2, -0.15) is 5.10 Å². The van der Waals surface area contributed by atoms with E-state index in [2.05, 4.69) is 58.0 Å². The Morgan fingerprint density at radius 1 is 1.03 bits per heavy atom. The van der Waals surface area contributed by atoms with E-state index in [1.165, 1.54) is 0 Å². The summed E-state index contributed by atoms with van der Waals surface area (Å²) in [6.07, 6.45) is 2.73. The number of aromatic nitrogens is 5. The van der Waals surface area contributed by atoms with Crippen LogP contribution >= 0.6 is 24.0 Å². The Labute approximate surface area is 205 Å². The van der Waals surface area contributed by atoms with E-state index in [1.54, 1.807) is 0 Å². The molecule has 4 aromatic rings. The number of pyridine rings is 1. The molecule has 0 aliphatic heterocycles. The van der Waals surface area contributed by atoms with Gasteiger partial charge in [0, 0.05) is 31.4 Å². The molecule has 0 spiro atoms. The molecule has 8 nitrogen and oxygen atoms in total. The van der Waals surface area contributed by atoms with E-state index in [4.69, 9.17) is 4.99 Å². The van der Waals surface area contributed by atoms with Crippen molar-refractivity contribution < 1.29 is 0 Å². The first-order chi connectivity index (χ1) is 15.2. The van der Waals surface area contributed by atoms with E-state index in [9.17, 15) is 0 Å². The van der Waals surface area contributed by atoms with Crippen LogP contribution in [-0.4, -0.2) is 43.4 Å². The first-order valence-electron chi connectivity index (χ1n) is 10.6. The maximum absolute atomic E-state index is 4.80. The molecule has 0 amide bonds. The van der Waals surface area contributed by atoms with Gasteiger partial charge in [0.05, 0.1) is 17.9 Å². The minimum atomic E-state index is 0. The third-order valence-corrected chi connectivity index (χ3v) is 5.01. The van der Waals surface area contributed by atoms with Gasteiger partial charge in [-0.25, -0.2) is 9.67 Å². The molecule has 0 atom stereocenters. The van der Waals surface area contributed by atoms with Gasteiger partial charge < -0.3 is 10.6 Å². The molecule has 0 saturated carbocycles. The smallest absolute Gasteiger partial charge is 0.191 e. The molecule has 9 heteroatoms. The number of hydrogen-bond donors (Lipinski definition) is 2. The topological polar surface area (TPSA) is 84.4 Å². The summed E-state index contributed by atoms with van der Waals surface area (Å²) in [4.78, 5) is 4.80. The Bertz CT molecular complexity index is 1190. The SMILES string of the molecule is CCNC(=NCc1ccccc1-n1nc(C)cc1C)NCCc1nnc2ccccn12.I. The summed E-state index contributed by atoms with van der Waals surface area (Å²) >= 11 is 0. The van der Waals surface area contributed by atoms with Gasteiger partial charge in [0.2, 0.25) is 0 Å². The van der Waals surface area contributed by atoms with Gasteiger partial charge >= 0.3 is 0 Å². The van der Waals surface area contributed by atoms with Crippen molar-refractivity contribution in [3.8, 4) is 5.69 Å². The number of aryl methyl sites for hydroxylation is 2. The van der Waals surface area contributed by atoms with E-state index in [0.29, 0.717) is 13.1 Å². The largest absolute Gasteiger partial charge is 0.357 e. The average molecular weight is 544 g/mol. The van der Waals surface area contributed by atoms with Gasteiger partial charge in [-0.3, -0.25) is 4.40 Å². The molecule has 168 valence electrons. The summed E-state index contributed by atoms with van der Waals surface area (Å²) in [7, 11) is 0. The van der Waals surface area contributed by atoms with Crippen LogP contribution in [-0.2, 0) is 13.0 Å². The Morgan fingerprint density at radius 3 is 2.62 bits per heavy atom. The molecule has 3 heterocycles. The maximum atomic E-state index is 4.80. The molecule has 3 aromatic heterocycles. The number of hydrogen-bond acceptors (Lipinski definition) is 4. The number of nitrogens with zero attached hydrogens (tertiary/aromatic N) is 6. The van der Waals surface area contributed by atoms with E-state index in [1.807, 2.05) is 52.5 Å². The number of benzene rings is 1. The van der Waals surface area contributed by atoms with Crippen molar-refractivity contribution in [2.24, 2.45) is 4.99 Å². The van der Waals surface area contributed by atoms with Gasteiger partial charge in [-0.1, -0.05) is 24.3 Å². The predicted octanol–water partition coefficient (Wildman–Crippen LogP) is 3.45. The van der Waals surface area contributed by atoms with Crippen LogP contribution in [0.15, 0.2) is 59.7 Å². The first kappa shape index (κ1) is 23.7. The standard InChI is InChI=1S/C23H28N8.HI/c1-4-24-23(25-13-12-22-28-27-21-11-7-8-14-30(21)22)26-16-19-9-5-6-10-20(19)31-18(3)15-17(2)29-31;/h5-11,14-15H,4,12-13,16H2,1-3H3,(H2,24,25,26);1H. The summed E-state index contributed by atoms with van der Waals surface area (Å²) in [5, 5.41) is 19.8. The summed E-state index contributed by atoms with van der Waals surface area (Å²) in [6, 6.07) is 16.2. The summed E-state index contributed by atoms with van der Waals surface area (Å²) < 4.78 is 3.99. The molecule has 0 saturated heterocycles. The zero-order valence-electron chi connectivity index (χ0n) is 18.6. The van der Waals surface area contributed by atoms with E-state index >= 15 is 0 Å². The molecule has 2 N–H and O–H groups in total. The number of halogens is 1. The van der Waals surface area contributed by atoms with Gasteiger partial charge in [-0.05, 0) is 50.6 Å². The van der Waals surface area contributed by atoms with E-state index in [-0.39, 0.29) is 24.0 Å². The molecule has 0 aliphatic carbocycles. The van der Waals surface area contributed by atoms with Crippen LogP contribution in [0.5, 0.6) is 0 Å². The van der Waals surface area contributed by atoms with Gasteiger partial charge in [0.1, 0.15) is 5.82 Å². The van der Waals surface area contributed by atoms with E-state index < -0.39 is 0 Å². The first-order valence-corrected chi connectivity index (χ1v) is 10.6. The highest BCUT2D eigenvalue weighted by Crippen LogP contribution is 2.17. The molecule has 0 fully saturated rings. The lowest BCUT2D eigenvalue weighted by Gasteiger charge is -2.13. The van der Waals surface area contributed by atoms with Crippen molar-refractivity contribution in [1.82, 2.24) is 35.0 Å². The third kappa shape index (κ3) is 5.45. The highest BCUT2D eigenvalue weighted by atomic mass is 127. The van der Waals surface area contributed by atoms with Crippen LogP contribution in [0, 0.1) is 13.8 Å². The van der Waals surface area contributed by atoms with Gasteiger partial charge in [0.25, 0.3) is 0 Å². The average Bonchev–Trinajstić information content (AvgIpc) is 3.34. The predicted molar refractivity (Wildman–Crippen MR) is 138 cm³/mol. The fourth-order valence-electron chi connectivity index (χ4n) is 3.58. The Hall–Kier alpha value is -2.95. The number of fused-ring (bicyclic) bond motifs is 1. The van der Waals surface area contributed by atoms with E-state index in [0.717, 1.165) is 53.0 Å². The van der Waals surface area contributed by atoms with Crippen LogP contribution in [0.3, 0.4) is 0 Å². The quantitative estimate of drug-likeness (QED) is 0.212. The molecule has 0 bridgehead atoms. The maximum Gasteiger partial charge on any atom is 0.191 e. The Balaban J connectivity index is 0.00000289. The fraction of sp³-hybridized carbons (Fsp3) is 0.304.